The van der Waals surface area contributed by atoms with Crippen molar-refractivity contribution in [3.05, 3.63) is 0 Å². The fraction of sp³-hybridized carbons (Fsp3) is 1.00. The molecule has 3 N–H and O–H groups in total. The molecule has 0 unspecified atom stereocenters. The quantitative estimate of drug-likeness (QED) is 0.443. The van der Waals surface area contributed by atoms with Crippen LogP contribution in [0, 0.1) is 88.1 Å². The molecular weight excluding hydrogens is 498 g/mol. The van der Waals surface area contributed by atoms with Gasteiger partial charge in [0.2, 0.25) is 0 Å². The first-order chi connectivity index (χ1) is 1.00. The molecule has 0 spiro atoms. The van der Waals surface area contributed by atoms with Gasteiger partial charge < -0.3 is 10.6 Å². The number of aliphatic hydroxyl groups excluding tert-OH is 1. The monoisotopic (exact) mass is 504 g/mol. The third kappa shape index (κ3) is 20.0. The Morgan fingerprint density at radius 3 is 1.00 bits per heavy atom. The molecule has 0 saturated heterocycles. The van der Waals surface area contributed by atoms with Crippen LogP contribution in [0.25, 0.3) is 0 Å². The third-order valence-corrected chi connectivity index (χ3v) is 0. The Labute approximate surface area is 103 Å². The van der Waals surface area contributed by atoms with Crippen LogP contribution in [0.2, 0.25) is 0 Å². The van der Waals surface area contributed by atoms with E-state index in [1.807, 2.05) is 0 Å². The van der Waals surface area contributed by atoms with Gasteiger partial charge in [-0.15, -0.1) is 0 Å². The molecule has 2 radical (unpaired) electrons. The van der Waals surface area contributed by atoms with E-state index in [0.29, 0.717) is 0 Å². The molecular formula is CH6Ac2O2. The molecule has 0 rings (SSSR count). The van der Waals surface area contributed by atoms with Crippen molar-refractivity contribution in [2.24, 2.45) is 0 Å². The Hall–Kier alpha value is 2.80. The first-order valence-electron chi connectivity index (χ1n) is 0.447. The van der Waals surface area contributed by atoms with Crippen molar-refractivity contribution in [3.8, 4) is 0 Å². The van der Waals surface area contributed by atoms with Gasteiger partial charge in [0, 0.05) is 95.2 Å². The van der Waals surface area contributed by atoms with E-state index in [9.17, 15) is 0 Å². The molecule has 5 heavy (non-hydrogen) atoms. The Bertz CT molecular complexity index is 7.61. The standard InChI is InChI=1S/CH4O.2Ac.H2O/c1-2;;;/h2H,1H3;;;1H2. The molecule has 0 amide bonds. The van der Waals surface area contributed by atoms with Crippen molar-refractivity contribution in [2.45, 2.75) is 0 Å². The summed E-state index contributed by atoms with van der Waals surface area (Å²) in [4.78, 5) is 0. The molecule has 2 nitrogen and oxygen atoms in total. The summed E-state index contributed by atoms with van der Waals surface area (Å²) >= 11 is 0. The maximum atomic E-state index is 7.00. The summed E-state index contributed by atoms with van der Waals surface area (Å²) in [7, 11) is 1.00. The number of hydrogen-bond acceptors (Lipinski definition) is 1. The fourth-order valence-corrected chi connectivity index (χ4v) is 0. The van der Waals surface area contributed by atoms with Crippen LogP contribution in [0.3, 0.4) is 0 Å². The molecule has 0 bridgehead atoms. The minimum absolute atomic E-state index is 0. The largest absolute Gasteiger partial charge is 0.412 e. The van der Waals surface area contributed by atoms with Gasteiger partial charge in [0.05, 0.1) is 0 Å². The summed E-state index contributed by atoms with van der Waals surface area (Å²) in [6.45, 7) is 0. The zero-order chi connectivity index (χ0) is 2.00. The van der Waals surface area contributed by atoms with Gasteiger partial charge in [-0.05, 0) is 0 Å². The fourth-order valence-electron chi connectivity index (χ4n) is 0. The van der Waals surface area contributed by atoms with Crippen molar-refractivity contribution in [3.63, 3.8) is 0 Å². The van der Waals surface area contributed by atoms with Gasteiger partial charge in [-0.2, -0.15) is 0 Å². The van der Waals surface area contributed by atoms with Crippen LogP contribution in [0.1, 0.15) is 0 Å². The molecule has 0 aromatic rings. The van der Waals surface area contributed by atoms with Gasteiger partial charge in [0.15, 0.2) is 0 Å². The van der Waals surface area contributed by atoms with Crippen LogP contribution in [-0.2, 0) is 0 Å². The molecule has 0 heterocycles. The molecule has 0 atom stereocenters. The van der Waals surface area contributed by atoms with Crippen molar-refractivity contribution in [2.75, 3.05) is 7.11 Å². The van der Waals surface area contributed by atoms with Crippen LogP contribution >= 0.6 is 0 Å². The van der Waals surface area contributed by atoms with Gasteiger partial charge in [-0.1, -0.05) is 0 Å². The Kier molecular flexibility index (Phi) is 146. The molecule has 0 aromatic heterocycles. The predicted molar refractivity (Wildman–Crippen MR) is 11.8 cm³/mol. The maximum absolute atomic E-state index is 7.00. The molecule has 0 saturated carbocycles. The Morgan fingerprint density at radius 2 is 1.00 bits per heavy atom. The van der Waals surface area contributed by atoms with Gasteiger partial charge in [-0.3, -0.25) is 0 Å². The van der Waals surface area contributed by atoms with Crippen LogP contribution in [0.15, 0.2) is 0 Å². The van der Waals surface area contributed by atoms with Crippen molar-refractivity contribution >= 4 is 0 Å². The average molecular weight is 504 g/mol. The Balaban J connectivity index is -0.00000000167. The van der Waals surface area contributed by atoms with Crippen molar-refractivity contribution in [1.82, 2.24) is 0 Å². The van der Waals surface area contributed by atoms with E-state index in [2.05, 4.69) is 0 Å². The molecule has 4 heteroatoms. The third-order valence-electron chi connectivity index (χ3n) is 0. The van der Waals surface area contributed by atoms with Gasteiger partial charge >= 0.3 is 0 Å². The minimum Gasteiger partial charge on any atom is -0.412 e. The van der Waals surface area contributed by atoms with Crippen LogP contribution in [-0.4, -0.2) is 17.7 Å². The maximum Gasteiger partial charge on any atom is 0.0319 e. The minimum atomic E-state index is 0. The van der Waals surface area contributed by atoms with Crippen LogP contribution in [0.5, 0.6) is 0 Å². The normalized spacial score (nSPS) is 1.20. The molecule has 0 fully saturated rings. The average Bonchev–Trinajstić information content (AvgIpc) is 1.00. The first-order valence-corrected chi connectivity index (χ1v) is 0.447. The second-order valence-electron chi connectivity index (χ2n) is 0. The molecule has 0 aliphatic heterocycles. The SMILES string of the molecule is CO.O.[Ac].[Ac]. The van der Waals surface area contributed by atoms with E-state index in [1.165, 1.54) is 0 Å². The predicted octanol–water partition coefficient (Wildman–Crippen LogP) is -1.22. The summed E-state index contributed by atoms with van der Waals surface area (Å²) in [5, 5.41) is 7.00. The van der Waals surface area contributed by atoms with Crippen molar-refractivity contribution < 1.29 is 98.7 Å². The summed E-state index contributed by atoms with van der Waals surface area (Å²) in [6.07, 6.45) is 0. The van der Waals surface area contributed by atoms with Gasteiger partial charge in [-0.25, -0.2) is 0 Å². The second-order valence-corrected chi connectivity index (χ2v) is 0. The van der Waals surface area contributed by atoms with E-state index in [4.69, 9.17) is 5.11 Å². The number of rotatable bonds is 0. The number of aliphatic hydroxyl groups is 1. The van der Waals surface area contributed by atoms with Gasteiger partial charge in [0.25, 0.3) is 0 Å². The molecule has 28 valence electrons. The number of hydrogen-bond donors (Lipinski definition) is 1. The topological polar surface area (TPSA) is 51.7 Å². The van der Waals surface area contributed by atoms with Gasteiger partial charge in [0.1, 0.15) is 0 Å². The molecule has 0 aromatic carbocycles. The summed E-state index contributed by atoms with van der Waals surface area (Å²) < 4.78 is 0. The molecule has 0 aliphatic carbocycles. The zero-order valence-corrected chi connectivity index (χ0v) is 12.6. The smallest absolute Gasteiger partial charge is 0.0319 e. The zero-order valence-electron chi connectivity index (χ0n) is 3.10. The second kappa shape index (κ2) is 29.2. The van der Waals surface area contributed by atoms with E-state index in [1.54, 1.807) is 0 Å². The first kappa shape index (κ1) is 25.0. The van der Waals surface area contributed by atoms with Crippen LogP contribution in [0.4, 0.5) is 0 Å². The summed E-state index contributed by atoms with van der Waals surface area (Å²) in [6, 6.07) is 0. The van der Waals surface area contributed by atoms with Crippen LogP contribution < -0.4 is 0 Å². The van der Waals surface area contributed by atoms with E-state index in [-0.39, 0.29) is 93.6 Å². The summed E-state index contributed by atoms with van der Waals surface area (Å²) in [5.74, 6) is 0. The Morgan fingerprint density at radius 1 is 1.00 bits per heavy atom. The van der Waals surface area contributed by atoms with Crippen molar-refractivity contribution in [1.29, 1.82) is 0 Å². The van der Waals surface area contributed by atoms with E-state index in [0.717, 1.165) is 7.11 Å². The molecule has 0 aliphatic rings. The van der Waals surface area contributed by atoms with E-state index >= 15 is 0 Å². The summed E-state index contributed by atoms with van der Waals surface area (Å²) in [5.41, 5.74) is 0. The van der Waals surface area contributed by atoms with E-state index < -0.39 is 0 Å².